The summed E-state index contributed by atoms with van der Waals surface area (Å²) in [5, 5.41) is 15.8. The zero-order valence-electron chi connectivity index (χ0n) is 12.3. The Morgan fingerprint density at radius 3 is 2.90 bits per heavy atom. The summed E-state index contributed by atoms with van der Waals surface area (Å²) >= 11 is 0. The Kier molecular flexibility index (Phi) is 4.82. The Morgan fingerprint density at radius 1 is 1.57 bits per heavy atom. The van der Waals surface area contributed by atoms with Crippen LogP contribution in [0.15, 0.2) is 10.6 Å². The van der Waals surface area contributed by atoms with Gasteiger partial charge in [-0.25, -0.2) is 9.59 Å². The lowest BCUT2D eigenvalue weighted by Gasteiger charge is -2.36. The number of carbonyl (C=O) groups is 2. The smallest absolute Gasteiger partial charge is 0.326 e. The standard InChI is InChI=1S/C14H21N3O4/c1-3-10-4-5-17(12(7-10)13(18)19)14(20)15-8-11-6-9(2)21-16-11/h6,10,12H,3-5,7-8H2,1-2H3,(H,15,20)(H,18,19). The fourth-order valence-electron chi connectivity index (χ4n) is 2.66. The SMILES string of the molecule is CCC1CCN(C(=O)NCc2cc(C)on2)C(C(=O)O)C1. The summed E-state index contributed by atoms with van der Waals surface area (Å²) in [5.41, 5.74) is 0.621. The Hall–Kier alpha value is -2.05. The number of carboxylic acid groups (broad SMARTS) is 1. The lowest BCUT2D eigenvalue weighted by atomic mass is 9.89. The van der Waals surface area contributed by atoms with Crippen molar-refractivity contribution in [3.8, 4) is 0 Å². The van der Waals surface area contributed by atoms with E-state index in [2.05, 4.69) is 10.5 Å². The summed E-state index contributed by atoms with van der Waals surface area (Å²) in [5.74, 6) is 0.0975. The molecule has 1 aliphatic rings. The molecular weight excluding hydrogens is 274 g/mol. The molecule has 2 N–H and O–H groups in total. The summed E-state index contributed by atoms with van der Waals surface area (Å²) in [6.45, 7) is 4.52. The minimum atomic E-state index is -0.944. The van der Waals surface area contributed by atoms with Crippen LogP contribution in [0.2, 0.25) is 0 Å². The molecule has 2 atom stereocenters. The van der Waals surface area contributed by atoms with Crippen molar-refractivity contribution in [1.29, 1.82) is 0 Å². The number of nitrogens with zero attached hydrogens (tertiary/aromatic N) is 2. The maximum atomic E-state index is 12.2. The monoisotopic (exact) mass is 295 g/mol. The second-order valence-electron chi connectivity index (χ2n) is 5.43. The summed E-state index contributed by atoms with van der Waals surface area (Å²) < 4.78 is 4.92. The van der Waals surface area contributed by atoms with Gasteiger partial charge in [-0.1, -0.05) is 18.5 Å². The number of piperidine rings is 1. The number of nitrogens with one attached hydrogen (secondary N) is 1. The molecule has 0 aliphatic carbocycles. The Morgan fingerprint density at radius 2 is 2.33 bits per heavy atom. The number of urea groups is 1. The van der Waals surface area contributed by atoms with E-state index in [1.165, 1.54) is 4.90 Å². The normalized spacial score (nSPS) is 22.1. The minimum absolute atomic E-state index is 0.232. The number of hydrogen-bond donors (Lipinski definition) is 2. The number of aromatic nitrogens is 1. The van der Waals surface area contributed by atoms with Crippen molar-refractivity contribution in [1.82, 2.24) is 15.4 Å². The number of rotatable bonds is 4. The maximum absolute atomic E-state index is 12.2. The lowest BCUT2D eigenvalue weighted by molar-refractivity contribution is -0.144. The van der Waals surface area contributed by atoms with Gasteiger partial charge in [0.15, 0.2) is 0 Å². The maximum Gasteiger partial charge on any atom is 0.326 e. The van der Waals surface area contributed by atoms with Gasteiger partial charge in [-0.05, 0) is 25.7 Å². The molecule has 0 radical (unpaired) electrons. The van der Waals surface area contributed by atoms with Crippen LogP contribution < -0.4 is 5.32 Å². The fourth-order valence-corrected chi connectivity index (χ4v) is 2.66. The molecule has 2 heterocycles. The summed E-state index contributed by atoms with van der Waals surface area (Å²) in [4.78, 5) is 24.9. The molecule has 1 saturated heterocycles. The number of aliphatic carboxylic acids is 1. The number of carboxylic acids is 1. The van der Waals surface area contributed by atoms with Crippen LogP contribution in [-0.2, 0) is 11.3 Å². The summed E-state index contributed by atoms with van der Waals surface area (Å²) in [7, 11) is 0. The molecule has 0 saturated carbocycles. The average Bonchev–Trinajstić information content (AvgIpc) is 2.89. The molecule has 2 amide bonds. The molecule has 1 aliphatic heterocycles. The largest absolute Gasteiger partial charge is 0.480 e. The molecule has 7 heteroatoms. The molecule has 7 nitrogen and oxygen atoms in total. The zero-order valence-corrected chi connectivity index (χ0v) is 12.3. The fraction of sp³-hybridized carbons (Fsp3) is 0.643. The van der Waals surface area contributed by atoms with Crippen LogP contribution in [0.3, 0.4) is 0 Å². The van der Waals surface area contributed by atoms with Crippen molar-refractivity contribution in [2.75, 3.05) is 6.54 Å². The van der Waals surface area contributed by atoms with Gasteiger partial charge in [0.2, 0.25) is 0 Å². The van der Waals surface area contributed by atoms with E-state index in [4.69, 9.17) is 4.52 Å². The van der Waals surface area contributed by atoms with Gasteiger partial charge in [0.25, 0.3) is 0 Å². The lowest BCUT2D eigenvalue weighted by Crippen LogP contribution is -2.53. The quantitative estimate of drug-likeness (QED) is 0.882. The van der Waals surface area contributed by atoms with Crippen LogP contribution in [-0.4, -0.2) is 39.8 Å². The van der Waals surface area contributed by atoms with Crippen molar-refractivity contribution >= 4 is 12.0 Å². The molecule has 0 spiro atoms. The highest BCUT2D eigenvalue weighted by atomic mass is 16.5. The molecule has 1 aromatic rings. The van der Waals surface area contributed by atoms with Gasteiger partial charge >= 0.3 is 12.0 Å². The van der Waals surface area contributed by atoms with Crippen LogP contribution >= 0.6 is 0 Å². The first-order valence-corrected chi connectivity index (χ1v) is 7.20. The van der Waals surface area contributed by atoms with Crippen molar-refractivity contribution in [2.45, 2.75) is 45.7 Å². The molecule has 21 heavy (non-hydrogen) atoms. The topological polar surface area (TPSA) is 95.7 Å². The third-order valence-corrected chi connectivity index (χ3v) is 3.93. The van der Waals surface area contributed by atoms with Crippen LogP contribution in [0.25, 0.3) is 0 Å². The van der Waals surface area contributed by atoms with E-state index in [9.17, 15) is 14.7 Å². The van der Waals surface area contributed by atoms with Gasteiger partial charge in [-0.2, -0.15) is 0 Å². The van der Waals surface area contributed by atoms with Gasteiger partial charge in [0, 0.05) is 12.6 Å². The first-order valence-electron chi connectivity index (χ1n) is 7.20. The van der Waals surface area contributed by atoms with Gasteiger partial charge in [0.05, 0.1) is 6.54 Å². The van der Waals surface area contributed by atoms with E-state index in [1.54, 1.807) is 13.0 Å². The molecule has 0 aromatic carbocycles. The second-order valence-corrected chi connectivity index (χ2v) is 5.43. The average molecular weight is 295 g/mol. The molecular formula is C14H21N3O4. The van der Waals surface area contributed by atoms with Crippen molar-refractivity contribution in [3.63, 3.8) is 0 Å². The van der Waals surface area contributed by atoms with E-state index in [1.807, 2.05) is 6.92 Å². The van der Waals surface area contributed by atoms with Crippen LogP contribution in [0, 0.1) is 12.8 Å². The van der Waals surface area contributed by atoms with E-state index in [0.717, 1.165) is 12.8 Å². The first kappa shape index (κ1) is 15.3. The predicted octanol–water partition coefficient (Wildman–Crippen LogP) is 1.77. The Balaban J connectivity index is 1.95. The second kappa shape index (κ2) is 6.60. The summed E-state index contributed by atoms with van der Waals surface area (Å²) in [6.07, 6.45) is 2.30. The van der Waals surface area contributed by atoms with Crippen LogP contribution in [0.1, 0.15) is 37.6 Å². The van der Waals surface area contributed by atoms with Gasteiger partial charge in [-0.15, -0.1) is 0 Å². The predicted molar refractivity (Wildman–Crippen MR) is 74.6 cm³/mol. The van der Waals surface area contributed by atoms with Gasteiger partial charge in [-0.3, -0.25) is 0 Å². The molecule has 0 bridgehead atoms. The Labute approximate surface area is 123 Å². The minimum Gasteiger partial charge on any atom is -0.480 e. The zero-order chi connectivity index (χ0) is 15.4. The van der Waals surface area contributed by atoms with Crippen LogP contribution in [0.4, 0.5) is 4.79 Å². The van der Waals surface area contributed by atoms with E-state index < -0.39 is 12.0 Å². The Bertz CT molecular complexity index is 514. The molecule has 116 valence electrons. The van der Waals surface area contributed by atoms with E-state index >= 15 is 0 Å². The van der Waals surface area contributed by atoms with Crippen molar-refractivity contribution in [3.05, 3.63) is 17.5 Å². The molecule has 2 rings (SSSR count). The van der Waals surface area contributed by atoms with E-state index in [0.29, 0.717) is 30.3 Å². The van der Waals surface area contributed by atoms with E-state index in [-0.39, 0.29) is 12.6 Å². The molecule has 2 unspecified atom stereocenters. The number of carbonyl (C=O) groups excluding carboxylic acids is 1. The number of amides is 2. The number of likely N-dealkylation sites (tertiary alicyclic amines) is 1. The third-order valence-electron chi connectivity index (χ3n) is 3.93. The highest BCUT2D eigenvalue weighted by molar-refractivity contribution is 5.82. The van der Waals surface area contributed by atoms with Gasteiger partial charge in [0.1, 0.15) is 17.5 Å². The van der Waals surface area contributed by atoms with Crippen molar-refractivity contribution in [2.24, 2.45) is 5.92 Å². The molecule has 1 fully saturated rings. The van der Waals surface area contributed by atoms with Crippen molar-refractivity contribution < 1.29 is 19.2 Å². The van der Waals surface area contributed by atoms with Gasteiger partial charge < -0.3 is 19.8 Å². The molecule has 1 aromatic heterocycles. The first-order chi connectivity index (χ1) is 10.0. The highest BCUT2D eigenvalue weighted by Crippen LogP contribution is 2.25. The highest BCUT2D eigenvalue weighted by Gasteiger charge is 2.35. The number of aryl methyl sites for hydroxylation is 1. The third kappa shape index (κ3) is 3.74. The van der Waals surface area contributed by atoms with Crippen LogP contribution in [0.5, 0.6) is 0 Å². The summed E-state index contributed by atoms with van der Waals surface area (Å²) in [6, 6.07) is 0.624. The number of hydrogen-bond acceptors (Lipinski definition) is 4.